The van der Waals surface area contributed by atoms with Crippen molar-refractivity contribution < 1.29 is 4.39 Å². The van der Waals surface area contributed by atoms with Gasteiger partial charge in [0.05, 0.1) is 11.0 Å². The van der Waals surface area contributed by atoms with Crippen LogP contribution in [-0.4, -0.2) is 9.55 Å². The summed E-state index contributed by atoms with van der Waals surface area (Å²) in [6, 6.07) is 10.5. The molecule has 20 heavy (non-hydrogen) atoms. The molecule has 0 radical (unpaired) electrons. The van der Waals surface area contributed by atoms with Gasteiger partial charge in [0, 0.05) is 23.9 Å². The van der Waals surface area contributed by atoms with Crippen LogP contribution in [0.1, 0.15) is 12.5 Å². The predicted octanol–water partition coefficient (Wildman–Crippen LogP) is 3.75. The summed E-state index contributed by atoms with van der Waals surface area (Å²) in [5.74, 6) is 0.562. The quantitative estimate of drug-likeness (QED) is 0.720. The minimum absolute atomic E-state index is 0.269. The van der Waals surface area contributed by atoms with Crippen LogP contribution < -0.4 is 5.73 Å². The topological polar surface area (TPSA) is 43.8 Å². The number of nitrogens with zero attached hydrogens (tertiary/aromatic N) is 2. The molecule has 0 unspecified atom stereocenters. The molecule has 4 heteroatoms. The second-order valence-electron chi connectivity index (χ2n) is 4.83. The number of hydrogen-bond donors (Lipinski definition) is 1. The van der Waals surface area contributed by atoms with Gasteiger partial charge < -0.3 is 10.3 Å². The van der Waals surface area contributed by atoms with Gasteiger partial charge in [-0.05, 0) is 37.6 Å². The van der Waals surface area contributed by atoms with Crippen LogP contribution in [-0.2, 0) is 6.54 Å². The van der Waals surface area contributed by atoms with Crippen LogP contribution in [0.4, 0.5) is 10.1 Å². The summed E-state index contributed by atoms with van der Waals surface area (Å²) in [5, 5.41) is 0. The van der Waals surface area contributed by atoms with Crippen molar-refractivity contribution in [1.29, 1.82) is 0 Å². The number of rotatable bonds is 2. The molecule has 0 aliphatic rings. The third-order valence-electron chi connectivity index (χ3n) is 3.64. The maximum atomic E-state index is 13.4. The number of nitrogen functional groups attached to an aromatic ring is 1. The van der Waals surface area contributed by atoms with Crippen LogP contribution in [0.2, 0.25) is 0 Å². The highest BCUT2D eigenvalue weighted by Gasteiger charge is 2.14. The molecule has 102 valence electrons. The van der Waals surface area contributed by atoms with Gasteiger partial charge in [0.15, 0.2) is 0 Å². The number of aromatic nitrogens is 2. The molecule has 0 fully saturated rings. The van der Waals surface area contributed by atoms with E-state index in [9.17, 15) is 4.39 Å². The molecule has 2 aromatic carbocycles. The minimum atomic E-state index is -0.269. The summed E-state index contributed by atoms with van der Waals surface area (Å²) in [7, 11) is 0. The van der Waals surface area contributed by atoms with Crippen LogP contribution in [0.3, 0.4) is 0 Å². The van der Waals surface area contributed by atoms with Crippen LogP contribution in [0.15, 0.2) is 36.4 Å². The van der Waals surface area contributed by atoms with E-state index in [1.54, 1.807) is 6.07 Å². The number of imidazole rings is 1. The second-order valence-corrected chi connectivity index (χ2v) is 4.83. The highest BCUT2D eigenvalue weighted by molar-refractivity contribution is 5.82. The number of nitrogens with two attached hydrogens (primary N) is 1. The highest BCUT2D eigenvalue weighted by Crippen LogP contribution is 2.29. The number of hydrogen-bond acceptors (Lipinski definition) is 2. The summed E-state index contributed by atoms with van der Waals surface area (Å²) in [4.78, 5) is 4.58. The SMILES string of the molecule is CCn1c(-c2cccc(N)c2C)nc2cc(F)ccc21. The van der Waals surface area contributed by atoms with E-state index in [-0.39, 0.29) is 5.82 Å². The summed E-state index contributed by atoms with van der Waals surface area (Å²) in [6.07, 6.45) is 0. The predicted molar refractivity (Wildman–Crippen MR) is 80.0 cm³/mol. The lowest BCUT2D eigenvalue weighted by Gasteiger charge is -2.10. The first-order chi connectivity index (χ1) is 9.61. The normalized spacial score (nSPS) is 11.2. The third kappa shape index (κ3) is 1.84. The van der Waals surface area contributed by atoms with Crippen LogP contribution >= 0.6 is 0 Å². The summed E-state index contributed by atoms with van der Waals surface area (Å²) < 4.78 is 15.4. The second kappa shape index (κ2) is 4.63. The Morgan fingerprint density at radius 1 is 1.25 bits per heavy atom. The van der Waals surface area contributed by atoms with Crippen molar-refractivity contribution in [2.75, 3.05) is 5.73 Å². The Balaban J connectivity index is 2.33. The number of aryl methyl sites for hydroxylation is 1. The monoisotopic (exact) mass is 269 g/mol. The maximum absolute atomic E-state index is 13.4. The lowest BCUT2D eigenvalue weighted by atomic mass is 10.1. The standard InChI is InChI=1S/C16H16FN3/c1-3-20-15-8-7-11(17)9-14(15)19-16(20)12-5-4-6-13(18)10(12)2/h4-9H,3,18H2,1-2H3. The van der Waals surface area contributed by atoms with Crippen molar-refractivity contribution in [2.45, 2.75) is 20.4 Å². The van der Waals surface area contributed by atoms with Gasteiger partial charge in [-0.3, -0.25) is 0 Å². The Labute approximate surface area is 116 Å². The van der Waals surface area contributed by atoms with Crippen molar-refractivity contribution in [3.63, 3.8) is 0 Å². The number of benzene rings is 2. The fourth-order valence-corrected chi connectivity index (χ4v) is 2.52. The van der Waals surface area contributed by atoms with Crippen molar-refractivity contribution in [1.82, 2.24) is 9.55 Å². The highest BCUT2D eigenvalue weighted by atomic mass is 19.1. The van der Waals surface area contributed by atoms with Crippen molar-refractivity contribution >= 4 is 16.7 Å². The smallest absolute Gasteiger partial charge is 0.141 e. The van der Waals surface area contributed by atoms with Gasteiger partial charge in [-0.2, -0.15) is 0 Å². The Hall–Kier alpha value is -2.36. The first-order valence-corrected chi connectivity index (χ1v) is 6.63. The molecule has 1 aromatic heterocycles. The molecule has 0 atom stereocenters. The van der Waals surface area contributed by atoms with E-state index in [0.29, 0.717) is 5.52 Å². The van der Waals surface area contributed by atoms with E-state index in [0.717, 1.165) is 34.7 Å². The number of fused-ring (bicyclic) bond motifs is 1. The Morgan fingerprint density at radius 3 is 2.80 bits per heavy atom. The van der Waals surface area contributed by atoms with Gasteiger partial charge in [0.25, 0.3) is 0 Å². The van der Waals surface area contributed by atoms with E-state index in [2.05, 4.69) is 16.5 Å². The average molecular weight is 269 g/mol. The van der Waals surface area contributed by atoms with E-state index < -0.39 is 0 Å². The first-order valence-electron chi connectivity index (χ1n) is 6.63. The molecule has 3 aromatic rings. The van der Waals surface area contributed by atoms with Crippen molar-refractivity contribution in [3.8, 4) is 11.4 Å². The Bertz CT molecular complexity index is 790. The zero-order chi connectivity index (χ0) is 14.3. The Kier molecular flexibility index (Phi) is 2.93. The minimum Gasteiger partial charge on any atom is -0.398 e. The van der Waals surface area contributed by atoms with Crippen molar-refractivity contribution in [3.05, 3.63) is 47.8 Å². The van der Waals surface area contributed by atoms with Crippen molar-refractivity contribution in [2.24, 2.45) is 0 Å². The van der Waals surface area contributed by atoms with E-state index in [1.807, 2.05) is 25.1 Å². The molecule has 3 nitrogen and oxygen atoms in total. The molecule has 0 bridgehead atoms. The van der Waals surface area contributed by atoms with Gasteiger partial charge in [-0.1, -0.05) is 12.1 Å². The lowest BCUT2D eigenvalue weighted by Crippen LogP contribution is -2.00. The largest absolute Gasteiger partial charge is 0.398 e. The Morgan fingerprint density at radius 2 is 2.05 bits per heavy atom. The molecule has 2 N–H and O–H groups in total. The molecule has 0 saturated carbocycles. The zero-order valence-corrected chi connectivity index (χ0v) is 11.5. The lowest BCUT2D eigenvalue weighted by molar-refractivity contribution is 0.629. The van der Waals surface area contributed by atoms with Gasteiger partial charge >= 0.3 is 0 Å². The number of anilines is 1. The van der Waals surface area contributed by atoms with E-state index in [1.165, 1.54) is 12.1 Å². The summed E-state index contributed by atoms with van der Waals surface area (Å²) in [6.45, 7) is 4.80. The summed E-state index contributed by atoms with van der Waals surface area (Å²) in [5.41, 5.74) is 10.3. The van der Waals surface area contributed by atoms with Crippen LogP contribution in [0.5, 0.6) is 0 Å². The van der Waals surface area contributed by atoms with Crippen LogP contribution in [0.25, 0.3) is 22.4 Å². The molecular weight excluding hydrogens is 253 g/mol. The first kappa shape index (κ1) is 12.7. The molecule has 0 aliphatic carbocycles. The van der Waals surface area contributed by atoms with Gasteiger partial charge in [-0.25, -0.2) is 9.37 Å². The molecule has 0 amide bonds. The molecule has 3 rings (SSSR count). The fraction of sp³-hybridized carbons (Fsp3) is 0.188. The zero-order valence-electron chi connectivity index (χ0n) is 11.5. The number of halogens is 1. The molecular formula is C16H16FN3. The molecule has 1 heterocycles. The van der Waals surface area contributed by atoms with Gasteiger partial charge in [0.1, 0.15) is 11.6 Å². The van der Waals surface area contributed by atoms with Gasteiger partial charge in [0.2, 0.25) is 0 Å². The third-order valence-corrected chi connectivity index (χ3v) is 3.64. The molecule has 0 saturated heterocycles. The molecule has 0 spiro atoms. The van der Waals surface area contributed by atoms with E-state index in [4.69, 9.17) is 5.73 Å². The maximum Gasteiger partial charge on any atom is 0.141 e. The summed E-state index contributed by atoms with van der Waals surface area (Å²) >= 11 is 0. The van der Waals surface area contributed by atoms with Gasteiger partial charge in [-0.15, -0.1) is 0 Å². The van der Waals surface area contributed by atoms with Crippen LogP contribution in [0, 0.1) is 12.7 Å². The fourth-order valence-electron chi connectivity index (χ4n) is 2.52. The molecule has 0 aliphatic heterocycles. The van der Waals surface area contributed by atoms with E-state index >= 15 is 0 Å². The average Bonchev–Trinajstić information content (AvgIpc) is 2.79.